The van der Waals surface area contributed by atoms with Gasteiger partial charge in [0.1, 0.15) is 11.8 Å². The molecule has 1 fully saturated rings. The average Bonchev–Trinajstić information content (AvgIpc) is 2.85. The Kier molecular flexibility index (Phi) is 12.6. The van der Waals surface area contributed by atoms with E-state index in [0.717, 1.165) is 56.6 Å². The van der Waals surface area contributed by atoms with E-state index in [1.54, 1.807) is 0 Å². The second kappa shape index (κ2) is 15.1. The third-order valence-corrected chi connectivity index (χ3v) is 6.98. The van der Waals surface area contributed by atoms with Crippen molar-refractivity contribution in [1.29, 1.82) is 0 Å². The van der Waals surface area contributed by atoms with Crippen molar-refractivity contribution in [3.05, 3.63) is 29.8 Å². The maximum atomic E-state index is 13.4. The average molecular weight is 532 g/mol. The van der Waals surface area contributed by atoms with Gasteiger partial charge in [-0.1, -0.05) is 33.6 Å². The number of ether oxygens (including phenoxy) is 1. The number of Topliss-reactive ketones (excluding diaryl/α,β-unsaturated/α-hetero) is 1. The van der Waals surface area contributed by atoms with Gasteiger partial charge in [0, 0.05) is 50.2 Å². The second-order valence-corrected chi connectivity index (χ2v) is 11.7. The molecule has 38 heavy (non-hydrogen) atoms. The molecule has 0 saturated carbocycles. The molecule has 1 atom stereocenters. The van der Waals surface area contributed by atoms with Crippen LogP contribution < -0.4 is 4.74 Å². The van der Waals surface area contributed by atoms with Gasteiger partial charge in [0.15, 0.2) is 5.78 Å². The lowest BCUT2D eigenvalue weighted by molar-refractivity contribution is -0.140. The molecule has 2 amide bonds. The number of hydrogen-bond acceptors (Lipinski definition) is 5. The Balaban J connectivity index is 1.79. The summed E-state index contributed by atoms with van der Waals surface area (Å²) in [5.41, 5.74) is 0.0818. The summed E-state index contributed by atoms with van der Waals surface area (Å²) in [4.78, 5) is 43.2. The molecular formula is C30H49N3O5. The molecule has 8 nitrogen and oxygen atoms in total. The monoisotopic (exact) mass is 531 g/mol. The highest BCUT2D eigenvalue weighted by molar-refractivity contribution is 5.96. The Morgan fingerprint density at radius 2 is 1.63 bits per heavy atom. The van der Waals surface area contributed by atoms with Crippen molar-refractivity contribution in [3.8, 4) is 5.75 Å². The number of amides is 2. The fourth-order valence-electron chi connectivity index (χ4n) is 4.95. The number of ketones is 1. The van der Waals surface area contributed by atoms with Crippen LogP contribution in [-0.4, -0.2) is 88.5 Å². The standard InChI is InChI=1S/C30H49N3O5/c1-7-8-9-11-27(34)24-12-14-25(15-13-24)38-21-10-16-31-17-19-32(20-18-31)28(35)26(22-23(2)3)33(29(36)37)30(4,5)6/h12-15,23,26H,7-11,16-22H2,1-6H3,(H,36,37)/t26-/m1/s1. The van der Waals surface area contributed by atoms with Gasteiger partial charge in [-0.2, -0.15) is 0 Å². The summed E-state index contributed by atoms with van der Waals surface area (Å²) < 4.78 is 5.88. The minimum Gasteiger partial charge on any atom is -0.494 e. The molecule has 0 aliphatic carbocycles. The fourth-order valence-corrected chi connectivity index (χ4v) is 4.95. The summed E-state index contributed by atoms with van der Waals surface area (Å²) in [5, 5.41) is 9.88. The molecule has 1 aliphatic rings. The van der Waals surface area contributed by atoms with Crippen molar-refractivity contribution >= 4 is 17.8 Å². The largest absolute Gasteiger partial charge is 0.494 e. The van der Waals surface area contributed by atoms with Gasteiger partial charge in [-0.25, -0.2) is 4.79 Å². The molecule has 1 heterocycles. The van der Waals surface area contributed by atoms with E-state index in [-0.39, 0.29) is 17.6 Å². The van der Waals surface area contributed by atoms with Crippen LogP contribution in [0.25, 0.3) is 0 Å². The zero-order valence-electron chi connectivity index (χ0n) is 24.4. The number of hydrogen-bond donors (Lipinski definition) is 1. The highest BCUT2D eigenvalue weighted by Crippen LogP contribution is 2.24. The zero-order chi connectivity index (χ0) is 28.3. The van der Waals surface area contributed by atoms with Crippen LogP contribution in [0.4, 0.5) is 4.79 Å². The van der Waals surface area contributed by atoms with Gasteiger partial charge in [-0.05, 0) is 70.2 Å². The predicted octanol–water partition coefficient (Wildman–Crippen LogP) is 5.56. The van der Waals surface area contributed by atoms with Crippen molar-refractivity contribution in [2.75, 3.05) is 39.3 Å². The molecule has 1 aromatic carbocycles. The minimum atomic E-state index is -1.05. The quantitative estimate of drug-likeness (QED) is 0.250. The van der Waals surface area contributed by atoms with Gasteiger partial charge in [0.05, 0.1) is 6.61 Å². The van der Waals surface area contributed by atoms with Gasteiger partial charge in [-0.3, -0.25) is 19.4 Å². The van der Waals surface area contributed by atoms with E-state index in [1.807, 2.05) is 63.8 Å². The molecule has 8 heteroatoms. The van der Waals surface area contributed by atoms with Crippen LogP contribution in [0.5, 0.6) is 5.75 Å². The first kappa shape index (κ1) is 31.6. The lowest BCUT2D eigenvalue weighted by Crippen LogP contribution is -2.60. The molecule has 1 saturated heterocycles. The fraction of sp³-hybridized carbons (Fsp3) is 0.700. The first-order chi connectivity index (χ1) is 17.9. The van der Waals surface area contributed by atoms with Crippen LogP contribution >= 0.6 is 0 Å². The van der Waals surface area contributed by atoms with E-state index < -0.39 is 17.7 Å². The van der Waals surface area contributed by atoms with E-state index in [0.29, 0.717) is 32.5 Å². The highest BCUT2D eigenvalue weighted by atomic mass is 16.5. The Labute approximate surface area is 229 Å². The van der Waals surface area contributed by atoms with Crippen molar-refractivity contribution in [2.45, 2.75) is 91.6 Å². The maximum Gasteiger partial charge on any atom is 0.408 e. The topological polar surface area (TPSA) is 90.4 Å². The van der Waals surface area contributed by atoms with E-state index in [2.05, 4.69) is 11.8 Å². The second-order valence-electron chi connectivity index (χ2n) is 11.7. The Hall–Kier alpha value is -2.61. The van der Waals surface area contributed by atoms with Crippen molar-refractivity contribution < 1.29 is 24.2 Å². The molecular weight excluding hydrogens is 482 g/mol. The molecule has 1 aliphatic heterocycles. The number of piperazine rings is 1. The lowest BCUT2D eigenvalue weighted by atomic mass is 9.96. The molecule has 1 N–H and O–H groups in total. The number of nitrogens with zero attached hydrogens (tertiary/aromatic N) is 3. The lowest BCUT2D eigenvalue weighted by Gasteiger charge is -2.43. The maximum absolute atomic E-state index is 13.4. The third-order valence-electron chi connectivity index (χ3n) is 6.98. The van der Waals surface area contributed by atoms with Gasteiger partial charge in [-0.15, -0.1) is 0 Å². The number of carbonyl (C=O) groups excluding carboxylic acids is 2. The molecule has 2 rings (SSSR count). The molecule has 0 bridgehead atoms. The van der Waals surface area contributed by atoms with Crippen LogP contribution in [-0.2, 0) is 4.79 Å². The van der Waals surface area contributed by atoms with Gasteiger partial charge in [0.2, 0.25) is 5.91 Å². The number of rotatable bonds is 14. The van der Waals surface area contributed by atoms with E-state index in [1.165, 1.54) is 4.90 Å². The van der Waals surface area contributed by atoms with Crippen LogP contribution in [0.2, 0.25) is 0 Å². The van der Waals surface area contributed by atoms with Crippen LogP contribution in [0.15, 0.2) is 24.3 Å². The van der Waals surface area contributed by atoms with E-state index in [4.69, 9.17) is 4.74 Å². The van der Waals surface area contributed by atoms with Crippen LogP contribution in [0.1, 0.15) is 90.4 Å². The Bertz CT molecular complexity index is 886. The minimum absolute atomic E-state index is 0.0914. The van der Waals surface area contributed by atoms with Crippen LogP contribution in [0.3, 0.4) is 0 Å². The van der Waals surface area contributed by atoms with Crippen molar-refractivity contribution in [2.24, 2.45) is 5.92 Å². The summed E-state index contributed by atoms with van der Waals surface area (Å²) >= 11 is 0. The molecule has 1 aromatic rings. The van der Waals surface area contributed by atoms with Gasteiger partial charge < -0.3 is 14.7 Å². The highest BCUT2D eigenvalue weighted by Gasteiger charge is 2.40. The SMILES string of the molecule is CCCCCC(=O)c1ccc(OCCCN2CCN(C(=O)[C@@H](CC(C)C)N(C(=O)O)C(C)(C)C)CC2)cc1. The summed E-state index contributed by atoms with van der Waals surface area (Å²) in [6, 6.07) is 6.74. The number of benzene rings is 1. The normalized spacial score (nSPS) is 15.4. The molecule has 0 spiro atoms. The summed E-state index contributed by atoms with van der Waals surface area (Å²) in [6.45, 7) is 15.9. The zero-order valence-corrected chi connectivity index (χ0v) is 24.4. The van der Waals surface area contributed by atoms with E-state index >= 15 is 0 Å². The van der Waals surface area contributed by atoms with E-state index in [9.17, 15) is 19.5 Å². The molecule has 0 radical (unpaired) electrons. The smallest absolute Gasteiger partial charge is 0.408 e. The third kappa shape index (κ3) is 9.93. The molecule has 0 aromatic heterocycles. The van der Waals surface area contributed by atoms with Crippen molar-refractivity contribution in [1.82, 2.24) is 14.7 Å². The number of carbonyl (C=O) groups is 3. The predicted molar refractivity (Wildman–Crippen MR) is 151 cm³/mol. The first-order valence-corrected chi connectivity index (χ1v) is 14.2. The molecule has 0 unspecified atom stereocenters. The number of unbranched alkanes of at least 4 members (excludes halogenated alkanes) is 2. The van der Waals surface area contributed by atoms with Gasteiger partial charge >= 0.3 is 6.09 Å². The summed E-state index contributed by atoms with van der Waals surface area (Å²) in [6.07, 6.45) is 4.04. The van der Waals surface area contributed by atoms with Gasteiger partial charge in [0.25, 0.3) is 0 Å². The Morgan fingerprint density at radius 3 is 2.16 bits per heavy atom. The molecule has 214 valence electrons. The summed E-state index contributed by atoms with van der Waals surface area (Å²) in [5.74, 6) is 1.07. The Morgan fingerprint density at radius 1 is 1.00 bits per heavy atom. The number of carboxylic acid groups (broad SMARTS) is 1. The van der Waals surface area contributed by atoms with Crippen LogP contribution in [0, 0.1) is 5.92 Å². The first-order valence-electron chi connectivity index (χ1n) is 14.2. The van der Waals surface area contributed by atoms with Crippen molar-refractivity contribution in [3.63, 3.8) is 0 Å². The summed E-state index contributed by atoms with van der Waals surface area (Å²) in [7, 11) is 0.